The molecule has 0 amide bonds. The number of hydrogen-bond acceptors (Lipinski definition) is 1. The Morgan fingerprint density at radius 2 is 2.00 bits per heavy atom. The normalized spacial score (nSPS) is 13.4. The second-order valence-electron chi connectivity index (χ2n) is 4.10. The van der Waals surface area contributed by atoms with Gasteiger partial charge < -0.3 is 10.7 Å². The number of aromatic amines is 1. The van der Waals surface area contributed by atoms with Crippen molar-refractivity contribution in [2.75, 3.05) is 0 Å². The molecular formula is C12H15ClN2. The molecule has 0 aliphatic heterocycles. The second-order valence-corrected chi connectivity index (χ2v) is 4.53. The molecule has 1 atom stereocenters. The molecule has 0 saturated carbocycles. The number of rotatable bonds is 1. The third-order valence-corrected chi connectivity index (χ3v) is 2.98. The summed E-state index contributed by atoms with van der Waals surface area (Å²) in [4.78, 5) is 3.37. The van der Waals surface area contributed by atoms with E-state index in [1.54, 1.807) is 0 Å². The highest BCUT2D eigenvalue weighted by atomic mass is 35.5. The predicted octanol–water partition coefficient (Wildman–Crippen LogP) is 3.46. The zero-order valence-electron chi connectivity index (χ0n) is 9.19. The van der Waals surface area contributed by atoms with Gasteiger partial charge in [0.1, 0.15) is 0 Å². The lowest BCUT2D eigenvalue weighted by Crippen LogP contribution is -2.05. The Bertz CT molecular complexity index is 512. The molecule has 3 heteroatoms. The quantitative estimate of drug-likeness (QED) is 0.763. The van der Waals surface area contributed by atoms with E-state index in [9.17, 15) is 0 Å². The summed E-state index contributed by atoms with van der Waals surface area (Å²) in [5.74, 6) is 0. The summed E-state index contributed by atoms with van der Waals surface area (Å²) in [6, 6.07) is 3.97. The highest BCUT2D eigenvalue weighted by Gasteiger charge is 2.13. The van der Waals surface area contributed by atoms with Gasteiger partial charge in [0, 0.05) is 27.7 Å². The second kappa shape index (κ2) is 3.54. The Balaban J connectivity index is 2.86. The van der Waals surface area contributed by atoms with Crippen LogP contribution in [0.3, 0.4) is 0 Å². The maximum Gasteiger partial charge on any atom is 0.0490 e. The first-order chi connectivity index (χ1) is 7.00. The van der Waals surface area contributed by atoms with E-state index in [-0.39, 0.29) is 6.04 Å². The maximum absolute atomic E-state index is 6.06. The van der Waals surface area contributed by atoms with Gasteiger partial charge in [-0.25, -0.2) is 0 Å². The Labute approximate surface area is 94.4 Å². The number of aryl methyl sites for hydroxylation is 2. The number of benzene rings is 1. The summed E-state index contributed by atoms with van der Waals surface area (Å²) >= 11 is 6.06. The van der Waals surface area contributed by atoms with Crippen LogP contribution in [-0.4, -0.2) is 4.98 Å². The summed E-state index contributed by atoms with van der Waals surface area (Å²) in [7, 11) is 0. The number of nitrogens with two attached hydrogens (primary N) is 1. The summed E-state index contributed by atoms with van der Waals surface area (Å²) < 4.78 is 0. The summed E-state index contributed by atoms with van der Waals surface area (Å²) in [5, 5.41) is 1.91. The fraction of sp³-hybridized carbons (Fsp3) is 0.333. The van der Waals surface area contributed by atoms with E-state index in [2.05, 4.69) is 11.9 Å². The van der Waals surface area contributed by atoms with Crippen LogP contribution in [0, 0.1) is 13.8 Å². The van der Waals surface area contributed by atoms with E-state index >= 15 is 0 Å². The lowest BCUT2D eigenvalue weighted by molar-refractivity contribution is 0.817. The summed E-state index contributed by atoms with van der Waals surface area (Å²) in [6.45, 7) is 6.09. The zero-order chi connectivity index (χ0) is 11.2. The Morgan fingerprint density at radius 1 is 1.33 bits per heavy atom. The van der Waals surface area contributed by atoms with Gasteiger partial charge in [-0.3, -0.25) is 0 Å². The van der Waals surface area contributed by atoms with Crippen molar-refractivity contribution in [3.05, 3.63) is 34.0 Å². The van der Waals surface area contributed by atoms with Crippen LogP contribution in [0.5, 0.6) is 0 Å². The first-order valence-electron chi connectivity index (χ1n) is 5.04. The minimum atomic E-state index is 0.0246. The Kier molecular flexibility index (Phi) is 2.49. The third kappa shape index (κ3) is 1.64. The number of fused-ring (bicyclic) bond motifs is 1. The number of H-pyrrole nitrogens is 1. The monoisotopic (exact) mass is 222 g/mol. The average molecular weight is 223 g/mol. The van der Waals surface area contributed by atoms with Crippen molar-refractivity contribution in [1.82, 2.24) is 4.98 Å². The topological polar surface area (TPSA) is 41.8 Å². The van der Waals surface area contributed by atoms with Crippen molar-refractivity contribution in [3.8, 4) is 0 Å². The first-order valence-corrected chi connectivity index (χ1v) is 5.42. The largest absolute Gasteiger partial charge is 0.358 e. The van der Waals surface area contributed by atoms with Crippen LogP contribution in [0.2, 0.25) is 5.02 Å². The predicted molar refractivity (Wildman–Crippen MR) is 65.4 cm³/mol. The van der Waals surface area contributed by atoms with E-state index < -0.39 is 0 Å². The Morgan fingerprint density at radius 3 is 2.60 bits per heavy atom. The first kappa shape index (κ1) is 10.5. The Hall–Kier alpha value is -0.990. The van der Waals surface area contributed by atoms with Crippen molar-refractivity contribution < 1.29 is 0 Å². The molecule has 0 spiro atoms. The molecule has 0 aliphatic rings. The highest BCUT2D eigenvalue weighted by molar-refractivity contribution is 6.31. The SMILES string of the molecule is Cc1[nH]c2c(C)cc(Cl)cc2c1C(C)N. The van der Waals surface area contributed by atoms with Crippen molar-refractivity contribution in [2.45, 2.75) is 26.8 Å². The van der Waals surface area contributed by atoms with E-state index in [1.165, 1.54) is 0 Å². The fourth-order valence-corrected chi connectivity index (χ4v) is 2.44. The van der Waals surface area contributed by atoms with Gasteiger partial charge >= 0.3 is 0 Å². The average Bonchev–Trinajstić information content (AvgIpc) is 2.41. The molecule has 0 radical (unpaired) electrons. The lowest BCUT2D eigenvalue weighted by atomic mass is 10.0. The summed E-state index contributed by atoms with van der Waals surface area (Å²) in [6.07, 6.45) is 0. The molecular weight excluding hydrogens is 208 g/mol. The molecule has 0 bridgehead atoms. The van der Waals surface area contributed by atoms with E-state index in [4.69, 9.17) is 17.3 Å². The molecule has 0 aliphatic carbocycles. The molecule has 1 unspecified atom stereocenters. The number of nitrogens with one attached hydrogen (secondary N) is 1. The van der Waals surface area contributed by atoms with Gasteiger partial charge in [0.05, 0.1) is 0 Å². The van der Waals surface area contributed by atoms with Gasteiger partial charge in [-0.05, 0) is 44.0 Å². The van der Waals surface area contributed by atoms with Gasteiger partial charge in [0.15, 0.2) is 0 Å². The number of halogens is 1. The van der Waals surface area contributed by atoms with Crippen LogP contribution in [0.25, 0.3) is 10.9 Å². The van der Waals surface area contributed by atoms with Crippen molar-refractivity contribution >= 4 is 22.5 Å². The minimum absolute atomic E-state index is 0.0246. The molecule has 3 N–H and O–H groups in total. The number of hydrogen-bond donors (Lipinski definition) is 2. The van der Waals surface area contributed by atoms with Crippen LogP contribution in [-0.2, 0) is 0 Å². The molecule has 1 heterocycles. The van der Waals surface area contributed by atoms with Gasteiger partial charge in [-0.1, -0.05) is 11.6 Å². The lowest BCUT2D eigenvalue weighted by Gasteiger charge is -2.05. The molecule has 80 valence electrons. The van der Waals surface area contributed by atoms with Crippen LogP contribution >= 0.6 is 11.6 Å². The molecule has 15 heavy (non-hydrogen) atoms. The molecule has 1 aromatic carbocycles. The fourth-order valence-electron chi connectivity index (χ4n) is 2.17. The third-order valence-electron chi connectivity index (χ3n) is 2.76. The van der Waals surface area contributed by atoms with Gasteiger partial charge in [0.2, 0.25) is 0 Å². The molecule has 1 aromatic heterocycles. The molecule has 0 saturated heterocycles. The van der Waals surface area contributed by atoms with E-state index in [1.807, 2.05) is 26.0 Å². The van der Waals surface area contributed by atoms with Crippen LogP contribution in [0.1, 0.15) is 29.8 Å². The van der Waals surface area contributed by atoms with Crippen molar-refractivity contribution in [1.29, 1.82) is 0 Å². The van der Waals surface area contributed by atoms with Crippen molar-refractivity contribution in [2.24, 2.45) is 5.73 Å². The van der Waals surface area contributed by atoms with Gasteiger partial charge in [-0.2, -0.15) is 0 Å². The highest BCUT2D eigenvalue weighted by Crippen LogP contribution is 2.31. The van der Waals surface area contributed by atoms with Crippen LogP contribution < -0.4 is 5.73 Å². The number of aromatic nitrogens is 1. The summed E-state index contributed by atoms with van der Waals surface area (Å²) in [5.41, 5.74) is 10.6. The zero-order valence-corrected chi connectivity index (χ0v) is 9.94. The van der Waals surface area contributed by atoms with Gasteiger partial charge in [0.25, 0.3) is 0 Å². The molecule has 2 nitrogen and oxygen atoms in total. The maximum atomic E-state index is 6.06. The van der Waals surface area contributed by atoms with Gasteiger partial charge in [-0.15, -0.1) is 0 Å². The minimum Gasteiger partial charge on any atom is -0.358 e. The van der Waals surface area contributed by atoms with E-state index in [0.717, 1.165) is 32.7 Å². The standard InChI is InChI=1S/C12H15ClN2/c1-6-4-9(13)5-10-11(7(2)14)8(3)15-12(6)10/h4-5,7,15H,14H2,1-3H3. The van der Waals surface area contributed by atoms with Crippen LogP contribution in [0.15, 0.2) is 12.1 Å². The molecule has 2 aromatic rings. The van der Waals surface area contributed by atoms with E-state index in [0.29, 0.717) is 0 Å². The van der Waals surface area contributed by atoms with Crippen LogP contribution in [0.4, 0.5) is 0 Å². The smallest absolute Gasteiger partial charge is 0.0490 e. The molecule has 2 rings (SSSR count). The molecule has 0 fully saturated rings. The van der Waals surface area contributed by atoms with Crippen molar-refractivity contribution in [3.63, 3.8) is 0 Å².